The maximum atomic E-state index is 10.8. The van der Waals surface area contributed by atoms with E-state index in [1.165, 1.54) is 0 Å². The first-order valence-electron chi connectivity index (χ1n) is 5.40. The number of hydrogen-bond acceptors (Lipinski definition) is 4. The Balaban J connectivity index is 2.48. The lowest BCUT2D eigenvalue weighted by molar-refractivity contribution is -0.117. The van der Waals surface area contributed by atoms with E-state index < -0.39 is 0 Å². The molecule has 0 unspecified atom stereocenters. The summed E-state index contributed by atoms with van der Waals surface area (Å²) in [5.74, 6) is -0.385. The summed E-state index contributed by atoms with van der Waals surface area (Å²) in [4.78, 5) is 10.8. The van der Waals surface area contributed by atoms with Crippen LogP contribution in [-0.2, 0) is 22.5 Å². The molecule has 0 aliphatic heterocycles. The van der Waals surface area contributed by atoms with Crippen molar-refractivity contribution < 1.29 is 9.53 Å². The zero-order chi connectivity index (χ0) is 12.0. The smallest absolute Gasteiger partial charge is 0.223 e. The Hall–Kier alpha value is -1.43. The van der Waals surface area contributed by atoms with Crippen molar-refractivity contribution in [1.29, 1.82) is 0 Å². The van der Waals surface area contributed by atoms with Crippen LogP contribution in [0.5, 0.6) is 0 Å². The van der Waals surface area contributed by atoms with Gasteiger partial charge in [-0.2, -0.15) is 0 Å². The molecule has 1 heterocycles. The van der Waals surface area contributed by atoms with E-state index in [1.54, 1.807) is 4.68 Å². The second kappa shape index (κ2) is 6.22. The molecular formula is C10H18N4O2. The molecule has 2 N–H and O–H groups in total. The quantitative estimate of drug-likeness (QED) is 0.665. The van der Waals surface area contributed by atoms with Gasteiger partial charge in [-0.25, -0.2) is 4.68 Å². The molecule has 1 aromatic heterocycles. The Bertz CT molecular complexity index is 349. The molecule has 1 aromatic rings. The van der Waals surface area contributed by atoms with Gasteiger partial charge in [0.15, 0.2) is 0 Å². The Labute approximate surface area is 94.8 Å². The summed E-state index contributed by atoms with van der Waals surface area (Å²) in [7, 11) is 0. The number of nitrogens with two attached hydrogens (primary N) is 1. The lowest BCUT2D eigenvalue weighted by Gasteiger charge is -2.03. The second-order valence-corrected chi connectivity index (χ2v) is 3.54. The van der Waals surface area contributed by atoms with E-state index in [9.17, 15) is 4.79 Å². The first kappa shape index (κ1) is 12.6. The molecule has 0 radical (unpaired) electrons. The first-order valence-corrected chi connectivity index (χ1v) is 5.40. The van der Waals surface area contributed by atoms with Gasteiger partial charge in [-0.15, -0.1) is 5.10 Å². The SMILES string of the molecule is CCOCCCn1nnc(CC(N)=O)c1C. The molecule has 0 atom stereocenters. The fourth-order valence-corrected chi connectivity index (χ4v) is 1.40. The highest BCUT2D eigenvalue weighted by atomic mass is 16.5. The largest absolute Gasteiger partial charge is 0.382 e. The van der Waals surface area contributed by atoms with Crippen molar-refractivity contribution in [3.63, 3.8) is 0 Å². The highest BCUT2D eigenvalue weighted by Gasteiger charge is 2.10. The average molecular weight is 226 g/mol. The van der Waals surface area contributed by atoms with Crippen molar-refractivity contribution in [2.45, 2.75) is 33.2 Å². The van der Waals surface area contributed by atoms with Gasteiger partial charge in [-0.05, 0) is 20.3 Å². The Morgan fingerprint density at radius 2 is 2.31 bits per heavy atom. The number of primary amides is 1. The van der Waals surface area contributed by atoms with E-state index in [4.69, 9.17) is 10.5 Å². The lowest BCUT2D eigenvalue weighted by atomic mass is 10.2. The average Bonchev–Trinajstić information content (AvgIpc) is 2.56. The maximum absolute atomic E-state index is 10.8. The van der Waals surface area contributed by atoms with Crippen LogP contribution in [0.3, 0.4) is 0 Å². The summed E-state index contributed by atoms with van der Waals surface area (Å²) in [6.45, 7) is 6.03. The molecule has 0 bridgehead atoms. The fourth-order valence-electron chi connectivity index (χ4n) is 1.40. The first-order chi connectivity index (χ1) is 7.65. The van der Waals surface area contributed by atoms with Crippen molar-refractivity contribution in [3.05, 3.63) is 11.4 Å². The minimum absolute atomic E-state index is 0.150. The molecule has 0 saturated carbocycles. The van der Waals surface area contributed by atoms with Crippen LogP contribution in [0.4, 0.5) is 0 Å². The topological polar surface area (TPSA) is 83.0 Å². The minimum Gasteiger partial charge on any atom is -0.382 e. The van der Waals surface area contributed by atoms with Gasteiger partial charge >= 0.3 is 0 Å². The number of aryl methyl sites for hydroxylation is 1. The number of ether oxygens (including phenoxy) is 1. The van der Waals surface area contributed by atoms with Gasteiger partial charge < -0.3 is 10.5 Å². The van der Waals surface area contributed by atoms with Gasteiger partial charge in [-0.1, -0.05) is 5.21 Å². The predicted molar refractivity (Wildman–Crippen MR) is 58.8 cm³/mol. The molecule has 0 spiro atoms. The van der Waals surface area contributed by atoms with E-state index in [-0.39, 0.29) is 12.3 Å². The zero-order valence-electron chi connectivity index (χ0n) is 9.77. The standard InChI is InChI=1S/C10H18N4O2/c1-3-16-6-4-5-14-8(2)9(12-13-14)7-10(11)15/h3-7H2,1-2H3,(H2,11,15). The maximum Gasteiger partial charge on any atom is 0.223 e. The second-order valence-electron chi connectivity index (χ2n) is 3.54. The molecule has 0 fully saturated rings. The van der Waals surface area contributed by atoms with Crippen LogP contribution in [0, 0.1) is 6.92 Å². The van der Waals surface area contributed by atoms with E-state index in [2.05, 4.69) is 10.3 Å². The van der Waals surface area contributed by atoms with E-state index >= 15 is 0 Å². The third kappa shape index (κ3) is 3.62. The van der Waals surface area contributed by atoms with Gasteiger partial charge in [0.25, 0.3) is 0 Å². The van der Waals surface area contributed by atoms with E-state index in [0.717, 1.165) is 25.3 Å². The van der Waals surface area contributed by atoms with Crippen molar-refractivity contribution in [2.24, 2.45) is 5.73 Å². The summed E-state index contributed by atoms with van der Waals surface area (Å²) in [6.07, 6.45) is 1.03. The van der Waals surface area contributed by atoms with Crippen molar-refractivity contribution in [2.75, 3.05) is 13.2 Å². The molecule has 6 heteroatoms. The summed E-state index contributed by atoms with van der Waals surface area (Å²) >= 11 is 0. The monoisotopic (exact) mass is 226 g/mol. The minimum atomic E-state index is -0.385. The number of carbonyl (C=O) groups excluding carboxylic acids is 1. The summed E-state index contributed by atoms with van der Waals surface area (Å²) in [5.41, 5.74) is 6.66. The molecule has 6 nitrogen and oxygen atoms in total. The van der Waals surface area contributed by atoms with Gasteiger partial charge in [-0.3, -0.25) is 4.79 Å². The van der Waals surface area contributed by atoms with Crippen LogP contribution in [0.15, 0.2) is 0 Å². The number of amides is 1. The van der Waals surface area contributed by atoms with Crippen LogP contribution in [-0.4, -0.2) is 34.1 Å². The Morgan fingerprint density at radius 1 is 1.56 bits per heavy atom. The molecule has 0 aliphatic rings. The van der Waals surface area contributed by atoms with Crippen LogP contribution < -0.4 is 5.73 Å². The van der Waals surface area contributed by atoms with Gasteiger partial charge in [0.05, 0.1) is 17.8 Å². The van der Waals surface area contributed by atoms with E-state index in [0.29, 0.717) is 12.3 Å². The number of aromatic nitrogens is 3. The van der Waals surface area contributed by atoms with Crippen LogP contribution >= 0.6 is 0 Å². The predicted octanol–water partition coefficient (Wildman–Crippen LogP) is 0.0409. The normalized spacial score (nSPS) is 10.6. The lowest BCUT2D eigenvalue weighted by Crippen LogP contribution is -2.15. The van der Waals surface area contributed by atoms with Crippen molar-refractivity contribution >= 4 is 5.91 Å². The van der Waals surface area contributed by atoms with E-state index in [1.807, 2.05) is 13.8 Å². The molecular weight excluding hydrogens is 208 g/mol. The summed E-state index contributed by atoms with van der Waals surface area (Å²) < 4.78 is 7.01. The summed E-state index contributed by atoms with van der Waals surface area (Å²) in [5, 5.41) is 7.90. The number of rotatable bonds is 7. The molecule has 0 saturated heterocycles. The molecule has 0 aromatic carbocycles. The highest BCUT2D eigenvalue weighted by Crippen LogP contribution is 2.05. The van der Waals surface area contributed by atoms with Gasteiger partial charge in [0.2, 0.25) is 5.91 Å². The number of nitrogens with zero attached hydrogens (tertiary/aromatic N) is 3. The third-order valence-electron chi connectivity index (χ3n) is 2.28. The highest BCUT2D eigenvalue weighted by molar-refractivity contribution is 5.76. The number of hydrogen-bond donors (Lipinski definition) is 1. The Morgan fingerprint density at radius 3 is 2.94 bits per heavy atom. The Kier molecular flexibility index (Phi) is 4.91. The summed E-state index contributed by atoms with van der Waals surface area (Å²) in [6, 6.07) is 0. The van der Waals surface area contributed by atoms with Crippen molar-refractivity contribution in [3.8, 4) is 0 Å². The molecule has 16 heavy (non-hydrogen) atoms. The number of carbonyl (C=O) groups is 1. The molecule has 1 rings (SSSR count). The van der Waals surface area contributed by atoms with Crippen LogP contribution in [0.2, 0.25) is 0 Å². The van der Waals surface area contributed by atoms with Gasteiger partial charge in [0.1, 0.15) is 0 Å². The zero-order valence-corrected chi connectivity index (χ0v) is 9.77. The van der Waals surface area contributed by atoms with Gasteiger partial charge in [0, 0.05) is 19.8 Å². The molecule has 90 valence electrons. The van der Waals surface area contributed by atoms with Crippen LogP contribution in [0.25, 0.3) is 0 Å². The molecule has 1 amide bonds. The fraction of sp³-hybridized carbons (Fsp3) is 0.700. The third-order valence-corrected chi connectivity index (χ3v) is 2.28. The van der Waals surface area contributed by atoms with Crippen molar-refractivity contribution in [1.82, 2.24) is 15.0 Å². The van der Waals surface area contributed by atoms with Crippen LogP contribution in [0.1, 0.15) is 24.7 Å². The molecule has 0 aliphatic carbocycles.